The van der Waals surface area contributed by atoms with E-state index >= 15 is 0 Å². The number of hydrogen-bond donors (Lipinski definition) is 1. The summed E-state index contributed by atoms with van der Waals surface area (Å²) in [5.74, 6) is 0.298. The molecular formula is C21H23FN4OS. The third-order valence-corrected chi connectivity index (χ3v) is 5.17. The Morgan fingerprint density at radius 1 is 1.07 bits per heavy atom. The van der Waals surface area contributed by atoms with Gasteiger partial charge in [0.15, 0.2) is 11.0 Å². The highest BCUT2D eigenvalue weighted by Gasteiger charge is 2.21. The first-order valence-electron chi connectivity index (χ1n) is 9.14. The Kier molecular flexibility index (Phi) is 6.46. The quantitative estimate of drug-likeness (QED) is 0.608. The minimum atomic E-state index is -0.317. The van der Waals surface area contributed by atoms with Crippen molar-refractivity contribution >= 4 is 17.7 Å². The molecule has 3 rings (SSSR count). The van der Waals surface area contributed by atoms with Crippen LogP contribution in [0.4, 0.5) is 4.39 Å². The van der Waals surface area contributed by atoms with Crippen LogP contribution in [0, 0.1) is 5.82 Å². The lowest BCUT2D eigenvalue weighted by Crippen LogP contribution is -2.36. The normalized spacial score (nSPS) is 12.2. The van der Waals surface area contributed by atoms with Crippen LogP contribution in [0.5, 0.6) is 0 Å². The van der Waals surface area contributed by atoms with Gasteiger partial charge in [0.1, 0.15) is 5.82 Å². The van der Waals surface area contributed by atoms with E-state index in [1.54, 1.807) is 12.1 Å². The number of carbonyl (C=O) groups excluding carboxylic acids is 1. The van der Waals surface area contributed by atoms with Crippen LogP contribution < -0.4 is 5.32 Å². The van der Waals surface area contributed by atoms with Crippen molar-refractivity contribution in [3.63, 3.8) is 0 Å². The molecule has 28 heavy (non-hydrogen) atoms. The van der Waals surface area contributed by atoms with E-state index < -0.39 is 0 Å². The molecule has 1 N–H and O–H groups in total. The monoisotopic (exact) mass is 398 g/mol. The van der Waals surface area contributed by atoms with Crippen molar-refractivity contribution in [3.05, 3.63) is 66.0 Å². The molecule has 1 atom stereocenters. The van der Waals surface area contributed by atoms with Gasteiger partial charge in [-0.2, -0.15) is 0 Å². The van der Waals surface area contributed by atoms with Crippen LogP contribution in [-0.2, 0) is 11.3 Å². The Morgan fingerprint density at radius 3 is 2.39 bits per heavy atom. The molecule has 0 aliphatic rings. The second-order valence-corrected chi connectivity index (χ2v) is 8.12. The van der Waals surface area contributed by atoms with Crippen LogP contribution in [0.25, 0.3) is 11.4 Å². The molecule has 3 aromatic rings. The second-order valence-electron chi connectivity index (χ2n) is 6.81. The number of hydrogen-bond acceptors (Lipinski definition) is 4. The Balaban J connectivity index is 1.93. The van der Waals surface area contributed by atoms with Gasteiger partial charge in [-0.25, -0.2) is 4.39 Å². The van der Waals surface area contributed by atoms with Crippen molar-refractivity contribution < 1.29 is 9.18 Å². The minimum Gasteiger partial charge on any atom is -0.353 e. The van der Waals surface area contributed by atoms with Crippen LogP contribution >= 0.6 is 11.8 Å². The van der Waals surface area contributed by atoms with Crippen molar-refractivity contribution in [2.24, 2.45) is 0 Å². The topological polar surface area (TPSA) is 59.8 Å². The molecule has 1 amide bonds. The maximum absolute atomic E-state index is 13.3. The molecular weight excluding hydrogens is 375 g/mol. The van der Waals surface area contributed by atoms with Gasteiger partial charge in [-0.1, -0.05) is 42.1 Å². The van der Waals surface area contributed by atoms with Crippen LogP contribution in [0.1, 0.15) is 26.3 Å². The van der Waals surface area contributed by atoms with Crippen LogP contribution in [0.15, 0.2) is 59.8 Å². The number of rotatable bonds is 7. The van der Waals surface area contributed by atoms with Gasteiger partial charge >= 0.3 is 0 Å². The Morgan fingerprint density at radius 2 is 1.75 bits per heavy atom. The van der Waals surface area contributed by atoms with Gasteiger partial charge in [0.05, 0.1) is 11.8 Å². The lowest BCUT2D eigenvalue weighted by molar-refractivity contribution is -0.120. The number of carbonyl (C=O) groups is 1. The highest BCUT2D eigenvalue weighted by atomic mass is 32.2. The zero-order valence-electron chi connectivity index (χ0n) is 16.1. The van der Waals surface area contributed by atoms with E-state index in [1.165, 1.54) is 23.9 Å². The maximum Gasteiger partial charge on any atom is 0.233 e. The van der Waals surface area contributed by atoms with Gasteiger partial charge < -0.3 is 5.32 Å². The largest absolute Gasteiger partial charge is 0.353 e. The van der Waals surface area contributed by atoms with E-state index in [0.29, 0.717) is 17.5 Å². The van der Waals surface area contributed by atoms with Crippen LogP contribution in [-0.4, -0.2) is 32.0 Å². The first-order chi connectivity index (χ1) is 13.4. The number of nitrogens with zero attached hydrogens (tertiary/aromatic N) is 3. The summed E-state index contributed by atoms with van der Waals surface area (Å²) in [7, 11) is 0. The molecule has 0 saturated heterocycles. The molecule has 0 radical (unpaired) electrons. The molecule has 7 heteroatoms. The van der Waals surface area contributed by atoms with Gasteiger partial charge in [0, 0.05) is 11.6 Å². The smallest absolute Gasteiger partial charge is 0.233 e. The van der Waals surface area contributed by atoms with Gasteiger partial charge in [0.2, 0.25) is 5.91 Å². The molecule has 0 fully saturated rings. The average Bonchev–Trinajstić information content (AvgIpc) is 3.05. The van der Waals surface area contributed by atoms with E-state index in [0.717, 1.165) is 11.1 Å². The zero-order chi connectivity index (χ0) is 20.1. The summed E-state index contributed by atoms with van der Waals surface area (Å²) >= 11 is 1.36. The SMILES string of the molecule is CC(C)NC(=O)C(C)Sc1nnc(-c2ccc(F)cc2)n1Cc1ccccc1. The third kappa shape index (κ3) is 4.98. The molecule has 0 aliphatic carbocycles. The number of halogens is 1. The van der Waals surface area contributed by atoms with E-state index in [4.69, 9.17) is 0 Å². The zero-order valence-corrected chi connectivity index (χ0v) is 16.9. The number of amides is 1. The van der Waals surface area contributed by atoms with E-state index in [9.17, 15) is 9.18 Å². The highest BCUT2D eigenvalue weighted by molar-refractivity contribution is 8.00. The molecule has 0 spiro atoms. The summed E-state index contributed by atoms with van der Waals surface area (Å²) in [5.41, 5.74) is 1.86. The van der Waals surface area contributed by atoms with Gasteiger partial charge in [-0.15, -0.1) is 10.2 Å². The molecule has 0 bridgehead atoms. The summed E-state index contributed by atoms with van der Waals surface area (Å²) in [4.78, 5) is 12.3. The Labute approximate surface area is 168 Å². The van der Waals surface area contributed by atoms with Crippen LogP contribution in [0.2, 0.25) is 0 Å². The Hall–Kier alpha value is -2.67. The number of thioether (sulfide) groups is 1. The molecule has 1 aromatic heterocycles. The van der Waals surface area contributed by atoms with Crippen molar-refractivity contribution in [2.75, 3.05) is 0 Å². The standard InChI is InChI=1S/C21H23FN4OS/c1-14(2)23-20(27)15(3)28-21-25-24-19(17-9-11-18(22)12-10-17)26(21)13-16-7-5-4-6-8-16/h4-12,14-15H,13H2,1-3H3,(H,23,27). The molecule has 1 unspecified atom stereocenters. The fraction of sp³-hybridized carbons (Fsp3) is 0.286. The first-order valence-corrected chi connectivity index (χ1v) is 10.0. The summed E-state index contributed by atoms with van der Waals surface area (Å²) in [6.07, 6.45) is 0. The second kappa shape index (κ2) is 9.01. The average molecular weight is 399 g/mol. The molecule has 2 aromatic carbocycles. The Bertz CT molecular complexity index is 925. The molecule has 146 valence electrons. The van der Waals surface area contributed by atoms with Gasteiger partial charge in [-0.05, 0) is 50.6 Å². The number of aromatic nitrogens is 3. The van der Waals surface area contributed by atoms with Crippen molar-refractivity contribution in [1.82, 2.24) is 20.1 Å². The fourth-order valence-electron chi connectivity index (χ4n) is 2.71. The van der Waals surface area contributed by atoms with Gasteiger partial charge in [0.25, 0.3) is 0 Å². The molecule has 0 saturated carbocycles. The van der Waals surface area contributed by atoms with Crippen molar-refractivity contribution in [2.45, 2.75) is 43.8 Å². The number of benzene rings is 2. The summed E-state index contributed by atoms with van der Waals surface area (Å²) in [6.45, 7) is 6.27. The van der Waals surface area contributed by atoms with Gasteiger partial charge in [-0.3, -0.25) is 9.36 Å². The molecule has 0 aliphatic heterocycles. The first kappa shape index (κ1) is 20.1. The number of nitrogens with one attached hydrogen (secondary N) is 1. The van der Waals surface area contributed by atoms with E-state index in [2.05, 4.69) is 15.5 Å². The fourth-order valence-corrected chi connectivity index (χ4v) is 3.57. The summed E-state index contributed by atoms with van der Waals surface area (Å²) in [5, 5.41) is 11.9. The minimum absolute atomic E-state index is 0.0439. The summed E-state index contributed by atoms with van der Waals surface area (Å²) < 4.78 is 15.3. The molecule has 1 heterocycles. The molecule has 5 nitrogen and oxygen atoms in total. The predicted octanol–water partition coefficient (Wildman–Crippen LogP) is 4.14. The lowest BCUT2D eigenvalue weighted by atomic mass is 10.2. The van der Waals surface area contributed by atoms with Crippen LogP contribution in [0.3, 0.4) is 0 Å². The highest BCUT2D eigenvalue weighted by Crippen LogP contribution is 2.28. The third-order valence-electron chi connectivity index (χ3n) is 4.09. The van der Waals surface area contributed by atoms with Crippen molar-refractivity contribution in [3.8, 4) is 11.4 Å². The predicted molar refractivity (Wildman–Crippen MR) is 110 cm³/mol. The maximum atomic E-state index is 13.3. The van der Waals surface area contributed by atoms with E-state index in [1.807, 2.05) is 55.7 Å². The summed E-state index contributed by atoms with van der Waals surface area (Å²) in [6, 6.07) is 16.2. The van der Waals surface area contributed by atoms with Crippen molar-refractivity contribution in [1.29, 1.82) is 0 Å². The van der Waals surface area contributed by atoms with E-state index in [-0.39, 0.29) is 23.0 Å². The lowest BCUT2D eigenvalue weighted by Gasteiger charge is -2.15.